The van der Waals surface area contributed by atoms with Crippen LogP contribution in [0, 0.1) is 0 Å². The summed E-state index contributed by atoms with van der Waals surface area (Å²) in [5.41, 5.74) is 2.61. The third-order valence-electron chi connectivity index (χ3n) is 6.91. The Kier molecular flexibility index (Phi) is 5.94. The van der Waals surface area contributed by atoms with Gasteiger partial charge in [0.05, 0.1) is 25.8 Å². The molecule has 5 heterocycles. The first-order valence-corrected chi connectivity index (χ1v) is 13.5. The highest BCUT2D eigenvalue weighted by atomic mass is 32.1. The van der Waals surface area contributed by atoms with Gasteiger partial charge in [-0.05, 0) is 48.7 Å². The number of thiazole rings is 1. The van der Waals surface area contributed by atoms with E-state index in [9.17, 15) is 9.59 Å². The van der Waals surface area contributed by atoms with Crippen molar-refractivity contribution in [2.24, 2.45) is 0 Å². The molecule has 3 N–H and O–H groups in total. The normalized spacial score (nSPS) is 20.7. The van der Waals surface area contributed by atoms with E-state index in [4.69, 9.17) is 0 Å². The molecule has 0 aliphatic carbocycles. The Hall–Kier alpha value is -2.59. The van der Waals surface area contributed by atoms with E-state index in [1.165, 1.54) is 27.3 Å². The molecule has 0 spiro atoms. The van der Waals surface area contributed by atoms with Gasteiger partial charge in [-0.25, -0.2) is 4.98 Å². The Bertz CT molecular complexity index is 1210. The molecule has 3 saturated heterocycles. The number of aromatic nitrogens is 1. The maximum Gasteiger partial charge on any atom is 0.264 e. The maximum absolute atomic E-state index is 12.9. The summed E-state index contributed by atoms with van der Waals surface area (Å²) in [5.74, 6) is 0.912. The number of carbonyl (C=O) groups excluding carboxylic acids is 2. The molecular weight excluding hydrogens is 466 g/mol. The number of anilines is 1. The van der Waals surface area contributed by atoms with Gasteiger partial charge in [0, 0.05) is 44.2 Å². The van der Waals surface area contributed by atoms with Gasteiger partial charge in [0.2, 0.25) is 5.91 Å². The molecule has 2 aromatic heterocycles. The van der Waals surface area contributed by atoms with Crippen molar-refractivity contribution in [2.75, 3.05) is 38.0 Å². The van der Waals surface area contributed by atoms with Crippen LogP contribution in [0.3, 0.4) is 0 Å². The first-order chi connectivity index (χ1) is 16.6. The second kappa shape index (κ2) is 9.22. The van der Waals surface area contributed by atoms with Crippen LogP contribution in [0.15, 0.2) is 42.6 Å². The van der Waals surface area contributed by atoms with Gasteiger partial charge < -0.3 is 20.9 Å². The minimum atomic E-state index is -0.127. The lowest BCUT2D eigenvalue weighted by Gasteiger charge is -2.37. The zero-order valence-electron chi connectivity index (χ0n) is 18.8. The van der Waals surface area contributed by atoms with E-state index in [1.807, 2.05) is 23.2 Å². The number of hydrogen-bond acceptors (Lipinski definition) is 7. The van der Waals surface area contributed by atoms with Gasteiger partial charge >= 0.3 is 0 Å². The molecule has 0 saturated carbocycles. The minimum Gasteiger partial charge on any atom is -0.336 e. The largest absolute Gasteiger partial charge is 0.336 e. The SMILES string of the molecule is O=C(Nc1ccc(C(=O)N2CC(c3ncc(-c4cccc(C5CNC5)c4)s3)C2)s1)[C@@H]1CCCN1. The third kappa shape index (κ3) is 4.29. The second-order valence-corrected chi connectivity index (χ2v) is 11.4. The lowest BCUT2D eigenvalue weighted by atomic mass is 9.92. The third-order valence-corrected chi connectivity index (χ3v) is 9.10. The molecule has 3 aliphatic heterocycles. The molecule has 1 atom stereocenters. The molecule has 176 valence electrons. The van der Waals surface area contributed by atoms with Crippen molar-refractivity contribution < 1.29 is 9.59 Å². The molecule has 0 radical (unpaired) electrons. The van der Waals surface area contributed by atoms with Gasteiger partial charge in [0.25, 0.3) is 5.91 Å². The topological polar surface area (TPSA) is 86.4 Å². The highest BCUT2D eigenvalue weighted by Gasteiger charge is 2.35. The van der Waals surface area contributed by atoms with Crippen molar-refractivity contribution >= 4 is 39.5 Å². The Morgan fingerprint density at radius 1 is 1.09 bits per heavy atom. The van der Waals surface area contributed by atoms with Gasteiger partial charge in [-0.15, -0.1) is 22.7 Å². The Morgan fingerprint density at radius 2 is 1.97 bits per heavy atom. The number of carbonyl (C=O) groups is 2. The molecule has 9 heteroatoms. The first kappa shape index (κ1) is 21.9. The van der Waals surface area contributed by atoms with Crippen molar-refractivity contribution in [1.82, 2.24) is 20.5 Å². The van der Waals surface area contributed by atoms with E-state index < -0.39 is 0 Å². The highest BCUT2D eigenvalue weighted by molar-refractivity contribution is 7.18. The van der Waals surface area contributed by atoms with Crippen molar-refractivity contribution in [3.8, 4) is 10.4 Å². The zero-order chi connectivity index (χ0) is 23.1. The number of likely N-dealkylation sites (tertiary alicyclic amines) is 1. The van der Waals surface area contributed by atoms with Gasteiger partial charge in [-0.2, -0.15) is 0 Å². The summed E-state index contributed by atoms with van der Waals surface area (Å²) in [6, 6.07) is 12.3. The minimum absolute atomic E-state index is 0.0168. The maximum atomic E-state index is 12.9. The molecule has 3 aliphatic rings. The summed E-state index contributed by atoms with van der Waals surface area (Å²) in [6.45, 7) is 4.36. The summed E-state index contributed by atoms with van der Waals surface area (Å²) in [7, 11) is 0. The molecule has 3 fully saturated rings. The molecule has 7 nitrogen and oxygen atoms in total. The average Bonchev–Trinajstić information content (AvgIpc) is 3.53. The van der Waals surface area contributed by atoms with Crippen LogP contribution in [0.4, 0.5) is 5.00 Å². The standard InChI is InChI=1S/C25H27N5O2S2/c31-23(19-5-2-8-27-19)29-22-7-6-20(33-22)25(32)30-13-18(14-30)24-28-12-21(34-24)16-4-1-3-15(9-16)17-10-26-11-17/h1,3-4,6-7,9,12,17-19,26-27H,2,5,8,10-11,13-14H2,(H,29,31)/t19-/m0/s1. The van der Waals surface area contributed by atoms with Gasteiger partial charge in [0.15, 0.2) is 0 Å². The zero-order valence-corrected chi connectivity index (χ0v) is 20.4. The molecular formula is C25H27N5O2S2. The van der Waals surface area contributed by atoms with E-state index in [-0.39, 0.29) is 23.8 Å². The molecule has 0 unspecified atom stereocenters. The fourth-order valence-electron chi connectivity index (χ4n) is 4.67. The highest BCUT2D eigenvalue weighted by Crippen LogP contribution is 2.36. The van der Waals surface area contributed by atoms with E-state index in [0.717, 1.165) is 42.5 Å². The van der Waals surface area contributed by atoms with Gasteiger partial charge in [0.1, 0.15) is 0 Å². The number of hydrogen-bond donors (Lipinski definition) is 3. The van der Waals surface area contributed by atoms with Crippen molar-refractivity contribution in [1.29, 1.82) is 0 Å². The summed E-state index contributed by atoms with van der Waals surface area (Å²) in [6.07, 6.45) is 3.85. The predicted molar refractivity (Wildman–Crippen MR) is 136 cm³/mol. The number of nitrogens with zero attached hydrogens (tertiary/aromatic N) is 2. The molecule has 0 bridgehead atoms. The number of amides is 2. The van der Waals surface area contributed by atoms with Gasteiger partial charge in [-0.1, -0.05) is 18.2 Å². The first-order valence-electron chi connectivity index (χ1n) is 11.8. The number of nitrogens with one attached hydrogen (secondary N) is 3. The van der Waals surface area contributed by atoms with Crippen LogP contribution in [0.5, 0.6) is 0 Å². The molecule has 2 amide bonds. The fraction of sp³-hybridized carbons (Fsp3) is 0.400. The smallest absolute Gasteiger partial charge is 0.264 e. The van der Waals surface area contributed by atoms with E-state index in [2.05, 4.69) is 45.2 Å². The quantitative estimate of drug-likeness (QED) is 0.490. The molecule has 1 aromatic carbocycles. The lowest BCUT2D eigenvalue weighted by molar-refractivity contribution is -0.117. The van der Waals surface area contributed by atoms with Crippen LogP contribution in [-0.4, -0.2) is 60.5 Å². The van der Waals surface area contributed by atoms with Crippen molar-refractivity contribution in [3.05, 3.63) is 58.0 Å². The van der Waals surface area contributed by atoms with Crippen LogP contribution in [-0.2, 0) is 4.79 Å². The van der Waals surface area contributed by atoms with Crippen molar-refractivity contribution in [2.45, 2.75) is 30.7 Å². The van der Waals surface area contributed by atoms with E-state index in [1.54, 1.807) is 11.3 Å². The number of rotatable bonds is 6. The monoisotopic (exact) mass is 493 g/mol. The van der Waals surface area contributed by atoms with Crippen LogP contribution in [0.2, 0.25) is 0 Å². The summed E-state index contributed by atoms with van der Waals surface area (Å²) in [4.78, 5) is 33.6. The summed E-state index contributed by atoms with van der Waals surface area (Å²) in [5, 5.41) is 11.3. The van der Waals surface area contributed by atoms with Crippen LogP contribution >= 0.6 is 22.7 Å². The van der Waals surface area contributed by atoms with Crippen LogP contribution in [0.25, 0.3) is 10.4 Å². The lowest BCUT2D eigenvalue weighted by Crippen LogP contribution is -2.48. The second-order valence-electron chi connectivity index (χ2n) is 9.25. The average molecular weight is 494 g/mol. The Morgan fingerprint density at radius 3 is 2.74 bits per heavy atom. The van der Waals surface area contributed by atoms with E-state index in [0.29, 0.717) is 23.9 Å². The predicted octanol–water partition coefficient (Wildman–Crippen LogP) is 3.49. The van der Waals surface area contributed by atoms with E-state index >= 15 is 0 Å². The molecule has 34 heavy (non-hydrogen) atoms. The Labute approximate surface area is 206 Å². The fourth-order valence-corrected chi connectivity index (χ4v) is 6.55. The number of thiophene rings is 1. The van der Waals surface area contributed by atoms with Gasteiger partial charge in [-0.3, -0.25) is 9.59 Å². The van der Waals surface area contributed by atoms with Crippen molar-refractivity contribution in [3.63, 3.8) is 0 Å². The Balaban J connectivity index is 1.05. The molecule has 6 rings (SSSR count). The summed E-state index contributed by atoms with van der Waals surface area (Å²) < 4.78 is 0. The molecule has 3 aromatic rings. The number of benzene rings is 1. The van der Waals surface area contributed by atoms with Crippen LogP contribution < -0.4 is 16.0 Å². The summed E-state index contributed by atoms with van der Waals surface area (Å²) >= 11 is 3.08. The van der Waals surface area contributed by atoms with Crippen LogP contribution in [0.1, 0.15) is 44.9 Å².